The van der Waals surface area contributed by atoms with E-state index in [0.717, 1.165) is 16.7 Å². The van der Waals surface area contributed by atoms with Crippen molar-refractivity contribution < 1.29 is 19.2 Å². The van der Waals surface area contributed by atoms with Gasteiger partial charge in [0.05, 0.1) is 12.0 Å². The van der Waals surface area contributed by atoms with Gasteiger partial charge in [0.15, 0.2) is 0 Å². The number of benzene rings is 2. The number of thiophene rings is 1. The van der Waals surface area contributed by atoms with Crippen molar-refractivity contribution in [1.82, 2.24) is 0 Å². The molecule has 30 heavy (non-hydrogen) atoms. The number of hydrogen-bond donors (Lipinski definition) is 1. The Morgan fingerprint density at radius 3 is 2.37 bits per heavy atom. The Bertz CT molecular complexity index is 1170. The van der Waals surface area contributed by atoms with Gasteiger partial charge in [-0.2, -0.15) is 0 Å². The Morgan fingerprint density at radius 2 is 1.77 bits per heavy atom. The van der Waals surface area contributed by atoms with Gasteiger partial charge in [0.1, 0.15) is 10.6 Å². The quantitative estimate of drug-likeness (QED) is 0.341. The van der Waals surface area contributed by atoms with Crippen molar-refractivity contribution in [2.24, 2.45) is 0 Å². The summed E-state index contributed by atoms with van der Waals surface area (Å²) in [7, 11) is 1.29. The molecule has 3 aromatic rings. The van der Waals surface area contributed by atoms with E-state index in [-0.39, 0.29) is 16.8 Å². The number of nitrogens with one attached hydrogen (secondary N) is 1. The van der Waals surface area contributed by atoms with E-state index in [1.54, 1.807) is 12.3 Å². The number of amides is 1. The molecule has 0 radical (unpaired) electrons. The standard InChI is InChI=1S/C22H20N2O5S/c1-12-5-6-15(9-13(12)2)17-11-30-21(19(17)22(26)29-4)23-20(25)16-7-8-18(24(27)28)14(3)10-16/h5-11H,1-4H3,(H,23,25). The fourth-order valence-electron chi connectivity index (χ4n) is 3.05. The lowest BCUT2D eigenvalue weighted by atomic mass is 9.99. The van der Waals surface area contributed by atoms with Gasteiger partial charge in [0.2, 0.25) is 0 Å². The smallest absolute Gasteiger partial charge is 0.341 e. The number of methoxy groups -OCH3 is 1. The molecule has 1 amide bonds. The number of nitro benzene ring substituents is 1. The summed E-state index contributed by atoms with van der Waals surface area (Å²) in [6.45, 7) is 5.56. The summed E-state index contributed by atoms with van der Waals surface area (Å²) in [6, 6.07) is 10.00. The van der Waals surface area contributed by atoms with Crippen LogP contribution in [0.25, 0.3) is 11.1 Å². The first-order valence-electron chi connectivity index (χ1n) is 9.06. The fourth-order valence-corrected chi connectivity index (χ4v) is 4.01. The average Bonchev–Trinajstić information content (AvgIpc) is 3.12. The van der Waals surface area contributed by atoms with Crippen LogP contribution in [0.2, 0.25) is 0 Å². The van der Waals surface area contributed by atoms with E-state index in [2.05, 4.69) is 5.32 Å². The predicted octanol–water partition coefficient (Wildman–Crippen LogP) is 5.29. The van der Waals surface area contributed by atoms with E-state index in [9.17, 15) is 19.7 Å². The zero-order valence-electron chi connectivity index (χ0n) is 16.9. The molecule has 0 saturated carbocycles. The summed E-state index contributed by atoms with van der Waals surface area (Å²) in [5, 5.41) is 15.9. The van der Waals surface area contributed by atoms with Crippen LogP contribution in [-0.4, -0.2) is 23.9 Å². The molecule has 1 heterocycles. The van der Waals surface area contributed by atoms with E-state index in [1.165, 1.54) is 36.6 Å². The van der Waals surface area contributed by atoms with Gasteiger partial charge in [0, 0.05) is 28.1 Å². The van der Waals surface area contributed by atoms with Crippen LogP contribution >= 0.6 is 11.3 Å². The summed E-state index contributed by atoms with van der Waals surface area (Å²) in [5.74, 6) is -1.02. The SMILES string of the molecule is COC(=O)c1c(-c2ccc(C)c(C)c2)csc1NC(=O)c1ccc([N+](=O)[O-])c(C)c1. The van der Waals surface area contributed by atoms with E-state index in [1.807, 2.05) is 32.0 Å². The zero-order valence-corrected chi connectivity index (χ0v) is 17.8. The third-order valence-corrected chi connectivity index (χ3v) is 5.78. The summed E-state index contributed by atoms with van der Waals surface area (Å²) < 4.78 is 4.94. The normalized spacial score (nSPS) is 10.5. The molecule has 0 bridgehead atoms. The Kier molecular flexibility index (Phi) is 5.98. The Morgan fingerprint density at radius 1 is 1.03 bits per heavy atom. The highest BCUT2D eigenvalue weighted by molar-refractivity contribution is 7.15. The largest absolute Gasteiger partial charge is 0.465 e. The summed E-state index contributed by atoms with van der Waals surface area (Å²) >= 11 is 1.22. The first kappa shape index (κ1) is 21.2. The van der Waals surface area contributed by atoms with E-state index < -0.39 is 16.8 Å². The van der Waals surface area contributed by atoms with Crippen molar-refractivity contribution in [3.8, 4) is 11.1 Å². The molecule has 1 N–H and O–H groups in total. The van der Waals surface area contributed by atoms with Crippen molar-refractivity contribution in [1.29, 1.82) is 0 Å². The lowest BCUT2D eigenvalue weighted by Gasteiger charge is -2.09. The first-order chi connectivity index (χ1) is 14.2. The second kappa shape index (κ2) is 8.46. The number of aryl methyl sites for hydroxylation is 3. The van der Waals surface area contributed by atoms with Crippen molar-refractivity contribution in [2.75, 3.05) is 12.4 Å². The second-order valence-corrected chi connectivity index (χ2v) is 7.74. The molecular formula is C22H20N2O5S. The number of rotatable bonds is 5. The molecule has 1 aromatic heterocycles. The molecule has 3 rings (SSSR count). The Labute approximate surface area is 177 Å². The van der Waals surface area contributed by atoms with Crippen molar-refractivity contribution in [3.63, 3.8) is 0 Å². The van der Waals surface area contributed by atoms with E-state index >= 15 is 0 Å². The Hall–Kier alpha value is -3.52. The molecule has 0 unspecified atom stereocenters. The highest BCUT2D eigenvalue weighted by Crippen LogP contribution is 2.37. The van der Waals surface area contributed by atoms with Gasteiger partial charge in [-0.1, -0.05) is 18.2 Å². The van der Waals surface area contributed by atoms with Crippen LogP contribution in [0.15, 0.2) is 41.8 Å². The molecule has 0 aliphatic heterocycles. The van der Waals surface area contributed by atoms with Crippen LogP contribution in [0.4, 0.5) is 10.7 Å². The lowest BCUT2D eigenvalue weighted by molar-refractivity contribution is -0.385. The number of hydrogen-bond acceptors (Lipinski definition) is 6. The van der Waals surface area contributed by atoms with Crippen LogP contribution in [0, 0.1) is 30.9 Å². The maximum absolute atomic E-state index is 12.7. The van der Waals surface area contributed by atoms with Gasteiger partial charge in [0.25, 0.3) is 11.6 Å². The lowest BCUT2D eigenvalue weighted by Crippen LogP contribution is -2.14. The van der Waals surface area contributed by atoms with Crippen molar-refractivity contribution >= 4 is 33.9 Å². The molecule has 0 aliphatic rings. The monoisotopic (exact) mass is 424 g/mol. The van der Waals surface area contributed by atoms with Gasteiger partial charge in [-0.05, 0) is 49.6 Å². The highest BCUT2D eigenvalue weighted by Gasteiger charge is 2.23. The minimum absolute atomic E-state index is 0.0602. The van der Waals surface area contributed by atoms with Gasteiger partial charge in [-0.25, -0.2) is 4.79 Å². The number of carbonyl (C=O) groups excluding carboxylic acids is 2. The van der Waals surface area contributed by atoms with Crippen molar-refractivity contribution in [2.45, 2.75) is 20.8 Å². The van der Waals surface area contributed by atoms with E-state index in [0.29, 0.717) is 16.1 Å². The van der Waals surface area contributed by atoms with Crippen LogP contribution < -0.4 is 5.32 Å². The second-order valence-electron chi connectivity index (χ2n) is 6.86. The molecule has 154 valence electrons. The topological polar surface area (TPSA) is 98.5 Å². The highest BCUT2D eigenvalue weighted by atomic mass is 32.1. The van der Waals surface area contributed by atoms with Crippen LogP contribution in [0.1, 0.15) is 37.4 Å². The molecule has 0 saturated heterocycles. The predicted molar refractivity (Wildman–Crippen MR) is 116 cm³/mol. The molecule has 8 heteroatoms. The molecule has 0 spiro atoms. The van der Waals surface area contributed by atoms with Crippen LogP contribution in [0.5, 0.6) is 0 Å². The summed E-state index contributed by atoms with van der Waals surface area (Å²) in [4.78, 5) is 35.7. The van der Waals surface area contributed by atoms with Crippen LogP contribution in [0.3, 0.4) is 0 Å². The average molecular weight is 424 g/mol. The van der Waals surface area contributed by atoms with E-state index in [4.69, 9.17) is 4.74 Å². The van der Waals surface area contributed by atoms with Crippen LogP contribution in [-0.2, 0) is 4.74 Å². The number of carbonyl (C=O) groups is 2. The number of esters is 1. The zero-order chi connectivity index (χ0) is 22.0. The molecule has 0 aliphatic carbocycles. The van der Waals surface area contributed by atoms with Gasteiger partial charge in [-0.15, -0.1) is 11.3 Å². The minimum Gasteiger partial charge on any atom is -0.465 e. The maximum atomic E-state index is 12.7. The van der Waals surface area contributed by atoms with Gasteiger partial charge in [-0.3, -0.25) is 14.9 Å². The molecule has 7 nitrogen and oxygen atoms in total. The third-order valence-electron chi connectivity index (χ3n) is 4.88. The van der Waals surface area contributed by atoms with Crippen molar-refractivity contribution in [3.05, 3.63) is 79.7 Å². The minimum atomic E-state index is -0.556. The number of nitrogens with zero attached hydrogens (tertiary/aromatic N) is 1. The maximum Gasteiger partial charge on any atom is 0.341 e. The van der Waals surface area contributed by atoms with Gasteiger partial charge >= 0.3 is 5.97 Å². The molecule has 0 atom stereocenters. The first-order valence-corrected chi connectivity index (χ1v) is 9.94. The summed E-state index contributed by atoms with van der Waals surface area (Å²) in [6.07, 6.45) is 0. The number of anilines is 1. The third kappa shape index (κ3) is 4.08. The number of ether oxygens (including phenoxy) is 1. The summed E-state index contributed by atoms with van der Waals surface area (Å²) in [5.41, 5.74) is 4.59. The molecule has 0 fully saturated rings. The Balaban J connectivity index is 1.98. The molecular weight excluding hydrogens is 404 g/mol. The van der Waals surface area contributed by atoms with Gasteiger partial charge < -0.3 is 10.1 Å². The molecule has 2 aromatic carbocycles. The number of nitro groups is 1. The fraction of sp³-hybridized carbons (Fsp3) is 0.182.